The summed E-state index contributed by atoms with van der Waals surface area (Å²) in [6.07, 6.45) is 24.3. The van der Waals surface area contributed by atoms with Gasteiger partial charge in [-0.1, -0.05) is 141 Å². The Morgan fingerprint density at radius 1 is 0.643 bits per heavy atom. The van der Waals surface area contributed by atoms with Crippen molar-refractivity contribution in [3.8, 4) is 0 Å². The summed E-state index contributed by atoms with van der Waals surface area (Å²) in [5, 5.41) is 0.237. The molecule has 1 rings (SSSR count). The first-order valence-electron chi connectivity index (χ1n) is 12.4. The van der Waals surface area contributed by atoms with Crippen molar-refractivity contribution >= 4 is 9.24 Å². The van der Waals surface area contributed by atoms with Crippen LogP contribution in [0.4, 0.5) is 0 Å². The number of unbranched alkanes of at least 4 members (excludes halogenated alkanes) is 15. The summed E-state index contributed by atoms with van der Waals surface area (Å²) in [7, 11) is 3.11. The highest BCUT2D eigenvalue weighted by atomic mass is 31.0. The van der Waals surface area contributed by atoms with Crippen LogP contribution < -0.4 is 0 Å². The van der Waals surface area contributed by atoms with E-state index in [2.05, 4.69) is 54.3 Å². The minimum Gasteiger partial charge on any atom is -0.127 e. The molecule has 162 valence electrons. The summed E-state index contributed by atoms with van der Waals surface area (Å²) in [5.74, 6) is 0. The monoisotopic (exact) mass is 404 g/mol. The fraction of sp³-hybridized carbons (Fsp3) is 0.778. The highest BCUT2D eigenvalue weighted by molar-refractivity contribution is 7.18. The molecule has 0 aromatic heterocycles. The largest absolute Gasteiger partial charge is 0.127 e. The Morgan fingerprint density at radius 2 is 1.04 bits per heavy atom. The Morgan fingerprint density at radius 3 is 1.46 bits per heavy atom. The summed E-state index contributed by atoms with van der Waals surface area (Å²) < 4.78 is 0. The summed E-state index contributed by atoms with van der Waals surface area (Å²) in [6, 6.07) is 8.87. The summed E-state index contributed by atoms with van der Waals surface area (Å²) >= 11 is 0. The molecule has 0 aliphatic heterocycles. The van der Waals surface area contributed by atoms with Crippen molar-refractivity contribution in [2.45, 2.75) is 135 Å². The SMILES string of the molecule is CCCCCCCCCCCCCCCCCCC(C)(P)c1ccccc1C. The molecule has 0 spiro atoms. The molecule has 2 atom stereocenters. The van der Waals surface area contributed by atoms with Gasteiger partial charge in [-0.25, -0.2) is 0 Å². The van der Waals surface area contributed by atoms with Gasteiger partial charge in [0.2, 0.25) is 0 Å². The Labute approximate surface area is 179 Å². The average molecular weight is 405 g/mol. The lowest BCUT2D eigenvalue weighted by atomic mass is 9.90. The van der Waals surface area contributed by atoms with Gasteiger partial charge >= 0.3 is 0 Å². The van der Waals surface area contributed by atoms with Crippen molar-refractivity contribution in [1.82, 2.24) is 0 Å². The lowest BCUT2D eigenvalue weighted by molar-refractivity contribution is 0.511. The molecule has 0 saturated heterocycles. The van der Waals surface area contributed by atoms with E-state index in [4.69, 9.17) is 0 Å². The van der Waals surface area contributed by atoms with E-state index in [9.17, 15) is 0 Å². The lowest BCUT2D eigenvalue weighted by Gasteiger charge is -2.27. The highest BCUT2D eigenvalue weighted by Gasteiger charge is 2.21. The van der Waals surface area contributed by atoms with Gasteiger partial charge in [0.05, 0.1) is 0 Å². The van der Waals surface area contributed by atoms with E-state index in [1.807, 2.05) is 0 Å². The minimum atomic E-state index is 0.237. The zero-order valence-corrected chi connectivity index (χ0v) is 20.6. The van der Waals surface area contributed by atoms with Gasteiger partial charge in [0.25, 0.3) is 0 Å². The molecule has 1 aromatic rings. The minimum absolute atomic E-state index is 0.237. The second-order valence-corrected chi connectivity index (χ2v) is 10.6. The first-order valence-corrected chi connectivity index (χ1v) is 13.0. The third-order valence-corrected chi connectivity index (χ3v) is 6.91. The molecular formula is C27H49P. The van der Waals surface area contributed by atoms with Crippen LogP contribution in [0.2, 0.25) is 0 Å². The molecule has 0 N–H and O–H groups in total. The van der Waals surface area contributed by atoms with E-state index in [-0.39, 0.29) is 5.16 Å². The lowest BCUT2D eigenvalue weighted by Crippen LogP contribution is -2.14. The number of hydrogen-bond acceptors (Lipinski definition) is 0. The van der Waals surface area contributed by atoms with Crippen LogP contribution in [-0.4, -0.2) is 0 Å². The van der Waals surface area contributed by atoms with Crippen LogP contribution in [0.25, 0.3) is 0 Å². The Balaban J connectivity index is 1.89. The zero-order valence-electron chi connectivity index (χ0n) is 19.4. The smallest absolute Gasteiger partial charge is 0.00720 e. The van der Waals surface area contributed by atoms with Crippen LogP contribution in [0.3, 0.4) is 0 Å². The molecule has 0 nitrogen and oxygen atoms in total. The van der Waals surface area contributed by atoms with Crippen LogP contribution in [0, 0.1) is 6.92 Å². The molecule has 0 aliphatic carbocycles. The number of aryl methyl sites for hydroxylation is 1. The Hall–Kier alpha value is -0.350. The number of benzene rings is 1. The molecular weight excluding hydrogens is 355 g/mol. The van der Waals surface area contributed by atoms with E-state index in [1.54, 1.807) is 0 Å². The van der Waals surface area contributed by atoms with E-state index in [1.165, 1.54) is 120 Å². The van der Waals surface area contributed by atoms with Crippen molar-refractivity contribution in [2.75, 3.05) is 0 Å². The summed E-state index contributed by atoms with van der Waals surface area (Å²) in [5.41, 5.74) is 2.93. The van der Waals surface area contributed by atoms with E-state index in [0.717, 1.165) is 0 Å². The maximum absolute atomic E-state index is 3.11. The van der Waals surface area contributed by atoms with Crippen molar-refractivity contribution < 1.29 is 0 Å². The molecule has 0 heterocycles. The van der Waals surface area contributed by atoms with E-state index >= 15 is 0 Å². The summed E-state index contributed by atoms with van der Waals surface area (Å²) in [6.45, 7) is 6.92. The summed E-state index contributed by atoms with van der Waals surface area (Å²) in [4.78, 5) is 0. The second-order valence-electron chi connectivity index (χ2n) is 9.29. The van der Waals surface area contributed by atoms with Crippen molar-refractivity contribution in [1.29, 1.82) is 0 Å². The van der Waals surface area contributed by atoms with E-state index in [0.29, 0.717) is 0 Å². The molecule has 0 saturated carbocycles. The standard InChI is InChI=1S/C27H49P/c1-4-5-6-7-8-9-10-11-12-13-14-15-16-17-18-21-24-27(3,28)26-23-20-19-22-25(26)2/h19-20,22-23H,4-18,21,24,28H2,1-3H3. The maximum Gasteiger partial charge on any atom is 0.00720 e. The van der Waals surface area contributed by atoms with Crippen molar-refractivity contribution in [3.05, 3.63) is 35.4 Å². The van der Waals surface area contributed by atoms with Crippen LogP contribution in [0.5, 0.6) is 0 Å². The third kappa shape index (κ3) is 12.3. The van der Waals surface area contributed by atoms with Crippen LogP contribution in [0.15, 0.2) is 24.3 Å². The molecule has 0 aliphatic rings. The van der Waals surface area contributed by atoms with Crippen LogP contribution in [-0.2, 0) is 5.16 Å². The first-order chi connectivity index (χ1) is 13.6. The van der Waals surface area contributed by atoms with Crippen molar-refractivity contribution in [3.63, 3.8) is 0 Å². The van der Waals surface area contributed by atoms with Crippen LogP contribution in [0.1, 0.15) is 134 Å². The van der Waals surface area contributed by atoms with Gasteiger partial charge in [0.1, 0.15) is 0 Å². The molecule has 0 bridgehead atoms. The quantitative estimate of drug-likeness (QED) is 0.169. The molecule has 1 heteroatoms. The number of rotatable bonds is 18. The van der Waals surface area contributed by atoms with Gasteiger partial charge in [-0.2, -0.15) is 0 Å². The molecule has 0 amide bonds. The predicted octanol–water partition coefficient (Wildman–Crippen LogP) is 9.74. The molecule has 0 fully saturated rings. The predicted molar refractivity (Wildman–Crippen MR) is 132 cm³/mol. The molecule has 1 aromatic carbocycles. The molecule has 28 heavy (non-hydrogen) atoms. The van der Waals surface area contributed by atoms with Gasteiger partial charge in [0.15, 0.2) is 0 Å². The molecule has 0 radical (unpaired) electrons. The maximum atomic E-state index is 3.11. The van der Waals surface area contributed by atoms with Crippen LogP contribution >= 0.6 is 9.24 Å². The van der Waals surface area contributed by atoms with Gasteiger partial charge in [-0.05, 0) is 24.5 Å². The molecule has 2 unspecified atom stereocenters. The Bertz CT molecular complexity index is 477. The Kier molecular flexibility index (Phi) is 15.1. The number of hydrogen-bond donors (Lipinski definition) is 0. The third-order valence-electron chi connectivity index (χ3n) is 6.31. The van der Waals surface area contributed by atoms with Gasteiger partial charge < -0.3 is 0 Å². The zero-order chi connectivity index (χ0) is 20.5. The normalized spacial score (nSPS) is 13.6. The second kappa shape index (κ2) is 16.4. The van der Waals surface area contributed by atoms with Gasteiger partial charge in [-0.15, -0.1) is 9.24 Å². The van der Waals surface area contributed by atoms with Gasteiger partial charge in [0, 0.05) is 5.16 Å². The average Bonchev–Trinajstić information content (AvgIpc) is 2.68. The fourth-order valence-corrected chi connectivity index (χ4v) is 4.92. The fourth-order valence-electron chi connectivity index (χ4n) is 4.39. The highest BCUT2D eigenvalue weighted by Crippen LogP contribution is 2.38. The topological polar surface area (TPSA) is 0 Å². The van der Waals surface area contributed by atoms with Crippen molar-refractivity contribution in [2.24, 2.45) is 0 Å². The first kappa shape index (κ1) is 25.7. The van der Waals surface area contributed by atoms with Gasteiger partial charge in [-0.3, -0.25) is 0 Å². The van der Waals surface area contributed by atoms with E-state index < -0.39 is 0 Å².